The van der Waals surface area contributed by atoms with E-state index in [0.29, 0.717) is 6.07 Å². The molecule has 0 amide bonds. The standard InChI is InChI=1S/C10H9F6NO2/c11-9(12,13)6-1-2-8(7(17)5-6)18-3-4-19-10(14,15)16/h1-2,5H,3-4,17H2. The van der Waals surface area contributed by atoms with Crippen LogP contribution in [-0.2, 0) is 10.9 Å². The molecular formula is C10H9F6NO2. The van der Waals surface area contributed by atoms with Gasteiger partial charge in [0.1, 0.15) is 12.4 Å². The topological polar surface area (TPSA) is 44.5 Å². The summed E-state index contributed by atoms with van der Waals surface area (Å²) in [6.07, 6.45) is -9.33. The number of benzene rings is 1. The van der Waals surface area contributed by atoms with Gasteiger partial charge < -0.3 is 10.5 Å². The summed E-state index contributed by atoms with van der Waals surface area (Å²) in [5.41, 5.74) is 4.01. The van der Waals surface area contributed by atoms with Gasteiger partial charge in [0.05, 0.1) is 17.9 Å². The van der Waals surface area contributed by atoms with Gasteiger partial charge in [-0.1, -0.05) is 0 Å². The first-order valence-electron chi connectivity index (χ1n) is 4.90. The van der Waals surface area contributed by atoms with Crippen molar-refractivity contribution in [3.05, 3.63) is 23.8 Å². The molecule has 0 radical (unpaired) electrons. The number of ether oxygens (including phenoxy) is 2. The van der Waals surface area contributed by atoms with Gasteiger partial charge in [-0.3, -0.25) is 4.74 Å². The number of nitrogen functional groups attached to an aromatic ring is 1. The third kappa shape index (κ3) is 5.25. The maximum atomic E-state index is 12.3. The van der Waals surface area contributed by atoms with Gasteiger partial charge in [0.15, 0.2) is 0 Å². The zero-order valence-corrected chi connectivity index (χ0v) is 9.31. The van der Waals surface area contributed by atoms with Crippen molar-refractivity contribution >= 4 is 5.69 Å². The van der Waals surface area contributed by atoms with Crippen LogP contribution in [0.4, 0.5) is 32.0 Å². The minimum absolute atomic E-state index is 0.140. The summed E-state index contributed by atoms with van der Waals surface area (Å²) in [6, 6.07) is 2.29. The summed E-state index contributed by atoms with van der Waals surface area (Å²) in [6.45, 7) is -1.28. The molecule has 0 saturated carbocycles. The Balaban J connectivity index is 2.57. The molecule has 0 bridgehead atoms. The number of nitrogens with two attached hydrogens (primary N) is 1. The first-order chi connectivity index (χ1) is 8.59. The molecule has 1 aromatic rings. The van der Waals surface area contributed by atoms with Gasteiger partial charge in [0.25, 0.3) is 0 Å². The van der Waals surface area contributed by atoms with Crippen LogP contribution in [0, 0.1) is 0 Å². The van der Waals surface area contributed by atoms with Crippen LogP contribution >= 0.6 is 0 Å². The Morgan fingerprint density at radius 3 is 2.11 bits per heavy atom. The number of halogens is 6. The second-order valence-corrected chi connectivity index (χ2v) is 3.39. The summed E-state index contributed by atoms with van der Waals surface area (Å²) < 4.78 is 79.9. The average molecular weight is 289 g/mol. The number of rotatable bonds is 4. The number of alkyl halides is 6. The van der Waals surface area contributed by atoms with Crippen molar-refractivity contribution < 1.29 is 35.8 Å². The predicted molar refractivity (Wildman–Crippen MR) is 53.4 cm³/mol. The van der Waals surface area contributed by atoms with Crippen molar-refractivity contribution in [1.29, 1.82) is 0 Å². The van der Waals surface area contributed by atoms with E-state index in [1.54, 1.807) is 0 Å². The smallest absolute Gasteiger partial charge is 0.489 e. The fourth-order valence-corrected chi connectivity index (χ4v) is 1.17. The largest absolute Gasteiger partial charge is 0.522 e. The van der Waals surface area contributed by atoms with E-state index in [9.17, 15) is 26.3 Å². The lowest BCUT2D eigenvalue weighted by Gasteiger charge is -2.12. The van der Waals surface area contributed by atoms with Crippen LogP contribution in [0.15, 0.2) is 18.2 Å². The van der Waals surface area contributed by atoms with E-state index in [1.807, 2.05) is 0 Å². The first-order valence-corrected chi connectivity index (χ1v) is 4.90. The van der Waals surface area contributed by atoms with Crippen LogP contribution in [0.5, 0.6) is 5.75 Å². The molecule has 0 heterocycles. The highest BCUT2D eigenvalue weighted by atomic mass is 19.4. The summed E-state index contributed by atoms with van der Waals surface area (Å²) in [7, 11) is 0. The summed E-state index contributed by atoms with van der Waals surface area (Å²) in [5, 5.41) is 0. The Labute approximate surface area is 103 Å². The lowest BCUT2D eigenvalue weighted by molar-refractivity contribution is -0.325. The minimum atomic E-state index is -4.78. The number of hydrogen-bond donors (Lipinski definition) is 1. The van der Waals surface area contributed by atoms with Crippen LogP contribution in [0.25, 0.3) is 0 Å². The molecule has 1 aromatic carbocycles. The lowest BCUT2D eigenvalue weighted by atomic mass is 10.2. The maximum Gasteiger partial charge on any atom is 0.522 e. The van der Waals surface area contributed by atoms with E-state index in [4.69, 9.17) is 10.5 Å². The van der Waals surface area contributed by atoms with Crippen molar-refractivity contribution in [1.82, 2.24) is 0 Å². The average Bonchev–Trinajstić information content (AvgIpc) is 2.23. The van der Waals surface area contributed by atoms with Gasteiger partial charge in [-0.15, -0.1) is 13.2 Å². The Hall–Kier alpha value is -1.64. The van der Waals surface area contributed by atoms with E-state index >= 15 is 0 Å². The van der Waals surface area contributed by atoms with Crippen molar-refractivity contribution in [2.24, 2.45) is 0 Å². The highest BCUT2D eigenvalue weighted by molar-refractivity contribution is 5.54. The van der Waals surface area contributed by atoms with Gasteiger partial charge >= 0.3 is 12.5 Å². The molecule has 0 aliphatic carbocycles. The summed E-state index contributed by atoms with van der Waals surface area (Å²) >= 11 is 0. The van der Waals surface area contributed by atoms with Gasteiger partial charge in [-0.2, -0.15) is 13.2 Å². The van der Waals surface area contributed by atoms with Crippen molar-refractivity contribution in [3.63, 3.8) is 0 Å². The quantitative estimate of drug-likeness (QED) is 0.526. The molecule has 19 heavy (non-hydrogen) atoms. The molecule has 108 valence electrons. The van der Waals surface area contributed by atoms with Crippen LogP contribution in [0.2, 0.25) is 0 Å². The van der Waals surface area contributed by atoms with E-state index < -0.39 is 31.3 Å². The third-order valence-corrected chi connectivity index (χ3v) is 1.94. The fraction of sp³-hybridized carbons (Fsp3) is 0.400. The second-order valence-electron chi connectivity index (χ2n) is 3.39. The van der Waals surface area contributed by atoms with Crippen molar-refractivity contribution in [2.75, 3.05) is 18.9 Å². The molecule has 0 spiro atoms. The SMILES string of the molecule is Nc1cc(C(F)(F)F)ccc1OCCOC(F)(F)F. The molecule has 0 atom stereocenters. The van der Waals surface area contributed by atoms with Crippen LogP contribution in [-0.4, -0.2) is 19.6 Å². The molecular weight excluding hydrogens is 280 g/mol. The summed E-state index contributed by atoms with van der Waals surface area (Å²) in [5.74, 6) is -0.140. The molecule has 9 heteroatoms. The fourth-order valence-electron chi connectivity index (χ4n) is 1.17. The highest BCUT2D eigenvalue weighted by Crippen LogP contribution is 2.33. The molecule has 0 aliphatic heterocycles. The molecule has 0 aromatic heterocycles. The zero-order chi connectivity index (χ0) is 14.7. The number of anilines is 1. The molecule has 2 N–H and O–H groups in total. The van der Waals surface area contributed by atoms with Crippen molar-refractivity contribution in [2.45, 2.75) is 12.5 Å². The van der Waals surface area contributed by atoms with Gasteiger partial charge in [0.2, 0.25) is 0 Å². The Kier molecular flexibility index (Phi) is 4.51. The normalized spacial score (nSPS) is 12.5. The van der Waals surface area contributed by atoms with E-state index in [-0.39, 0.29) is 11.4 Å². The second kappa shape index (κ2) is 5.55. The Morgan fingerprint density at radius 1 is 1.00 bits per heavy atom. The van der Waals surface area contributed by atoms with Crippen LogP contribution < -0.4 is 10.5 Å². The van der Waals surface area contributed by atoms with E-state index in [2.05, 4.69) is 4.74 Å². The van der Waals surface area contributed by atoms with Crippen LogP contribution in [0.1, 0.15) is 5.56 Å². The van der Waals surface area contributed by atoms with Crippen molar-refractivity contribution in [3.8, 4) is 5.75 Å². The van der Waals surface area contributed by atoms with E-state index in [1.165, 1.54) is 0 Å². The Morgan fingerprint density at radius 2 is 1.63 bits per heavy atom. The monoisotopic (exact) mass is 289 g/mol. The first kappa shape index (κ1) is 15.4. The van der Waals surface area contributed by atoms with Crippen LogP contribution in [0.3, 0.4) is 0 Å². The Bertz CT molecular complexity index is 429. The molecule has 3 nitrogen and oxygen atoms in total. The minimum Gasteiger partial charge on any atom is -0.489 e. The van der Waals surface area contributed by atoms with Gasteiger partial charge in [-0.05, 0) is 18.2 Å². The maximum absolute atomic E-state index is 12.3. The molecule has 0 unspecified atom stereocenters. The highest BCUT2D eigenvalue weighted by Gasteiger charge is 2.31. The molecule has 0 aliphatic rings. The lowest BCUT2D eigenvalue weighted by Crippen LogP contribution is -2.18. The predicted octanol–water partition coefficient (Wildman–Crippen LogP) is 3.20. The molecule has 0 fully saturated rings. The van der Waals surface area contributed by atoms with Gasteiger partial charge in [0, 0.05) is 0 Å². The molecule has 0 saturated heterocycles. The summed E-state index contributed by atoms with van der Waals surface area (Å²) in [4.78, 5) is 0. The zero-order valence-electron chi connectivity index (χ0n) is 9.31. The third-order valence-electron chi connectivity index (χ3n) is 1.94. The number of hydrogen-bond acceptors (Lipinski definition) is 3. The van der Waals surface area contributed by atoms with Gasteiger partial charge in [-0.25, -0.2) is 0 Å². The van der Waals surface area contributed by atoms with E-state index in [0.717, 1.165) is 12.1 Å². The molecule has 1 rings (SSSR count).